The number of hydrogen-bond donors (Lipinski definition) is 1. The number of rotatable bonds is 6. The normalized spacial score (nSPS) is 11.9. The zero-order chi connectivity index (χ0) is 21.0. The molecule has 0 saturated carbocycles. The summed E-state index contributed by atoms with van der Waals surface area (Å²) in [6.07, 6.45) is 0.0283. The second-order valence-electron chi connectivity index (χ2n) is 7.05. The molecule has 1 amide bonds. The smallest absolute Gasteiger partial charge is 0.308 e. The first-order valence-electron chi connectivity index (χ1n) is 9.38. The number of ether oxygens (including phenoxy) is 1. The average Bonchev–Trinajstić information content (AvgIpc) is 2.70. The van der Waals surface area contributed by atoms with Crippen LogP contribution in [0.15, 0.2) is 48.5 Å². The van der Waals surface area contributed by atoms with Crippen LogP contribution in [0.5, 0.6) is 0 Å². The zero-order valence-corrected chi connectivity index (χ0v) is 17.4. The third-order valence-electron chi connectivity index (χ3n) is 4.88. The number of hydrogen-bond acceptors (Lipinski definition) is 4. The van der Waals surface area contributed by atoms with Gasteiger partial charge in [-0.25, -0.2) is 4.98 Å². The number of benzene rings is 2. The number of esters is 1. The molecule has 0 bridgehead atoms. The highest BCUT2D eigenvalue weighted by molar-refractivity contribution is 6.30. The van der Waals surface area contributed by atoms with Crippen molar-refractivity contribution < 1.29 is 14.3 Å². The molecule has 2 aromatic carbocycles. The van der Waals surface area contributed by atoms with Gasteiger partial charge >= 0.3 is 5.97 Å². The first-order valence-corrected chi connectivity index (χ1v) is 9.76. The molecule has 0 saturated heterocycles. The molecule has 0 aliphatic heterocycles. The molecule has 0 aliphatic carbocycles. The number of nitrogens with one attached hydrogen (secondary N) is 1. The fourth-order valence-electron chi connectivity index (χ4n) is 3.17. The van der Waals surface area contributed by atoms with Crippen molar-refractivity contribution in [2.24, 2.45) is 0 Å². The molecule has 150 valence electrons. The Labute approximate surface area is 175 Å². The standard InChI is InChI=1S/C23H23ClN2O3/c1-14-9-10-18-11-19(23(24)26-22(18)15(14)2)13-29-21(28)12-20(25-16(3)27)17-7-5-4-6-8-17/h4-11,20H,12-13H2,1-3H3,(H,25,27)/t20-/m1/s1. The van der Waals surface area contributed by atoms with Crippen molar-refractivity contribution in [3.05, 3.63) is 75.9 Å². The molecular weight excluding hydrogens is 388 g/mol. The van der Waals surface area contributed by atoms with E-state index in [9.17, 15) is 9.59 Å². The molecule has 5 nitrogen and oxygen atoms in total. The minimum absolute atomic E-state index is 0.0229. The van der Waals surface area contributed by atoms with E-state index in [4.69, 9.17) is 16.3 Å². The monoisotopic (exact) mass is 410 g/mol. The summed E-state index contributed by atoms with van der Waals surface area (Å²) >= 11 is 6.32. The third kappa shape index (κ3) is 5.12. The first kappa shape index (κ1) is 20.8. The largest absolute Gasteiger partial charge is 0.461 e. The highest BCUT2D eigenvalue weighted by Crippen LogP contribution is 2.26. The van der Waals surface area contributed by atoms with Crippen molar-refractivity contribution in [2.75, 3.05) is 0 Å². The van der Waals surface area contributed by atoms with Gasteiger partial charge in [0.15, 0.2) is 0 Å². The van der Waals surface area contributed by atoms with Gasteiger partial charge in [-0.3, -0.25) is 9.59 Å². The molecule has 6 heteroatoms. The molecule has 0 unspecified atom stereocenters. The summed E-state index contributed by atoms with van der Waals surface area (Å²) in [6.45, 7) is 5.48. The van der Waals surface area contributed by atoms with Gasteiger partial charge < -0.3 is 10.1 Å². The molecular formula is C23H23ClN2O3. The Morgan fingerprint density at radius 1 is 1.14 bits per heavy atom. The summed E-state index contributed by atoms with van der Waals surface area (Å²) in [7, 11) is 0. The van der Waals surface area contributed by atoms with Gasteiger partial charge in [0.05, 0.1) is 18.0 Å². The minimum atomic E-state index is -0.447. The number of pyridine rings is 1. The topological polar surface area (TPSA) is 68.3 Å². The van der Waals surface area contributed by atoms with Gasteiger partial charge in [-0.1, -0.05) is 54.1 Å². The van der Waals surface area contributed by atoms with Crippen LogP contribution in [0, 0.1) is 13.8 Å². The second kappa shape index (κ2) is 9.05. The number of halogens is 1. The Balaban J connectivity index is 1.71. The Kier molecular flexibility index (Phi) is 6.49. The van der Waals surface area contributed by atoms with Gasteiger partial charge in [0.2, 0.25) is 5.91 Å². The van der Waals surface area contributed by atoms with Crippen LogP contribution in [0.3, 0.4) is 0 Å². The molecule has 0 radical (unpaired) electrons. The van der Waals surface area contributed by atoms with Crippen LogP contribution in [-0.4, -0.2) is 16.9 Å². The van der Waals surface area contributed by atoms with Crippen LogP contribution in [0.25, 0.3) is 10.9 Å². The van der Waals surface area contributed by atoms with E-state index in [2.05, 4.69) is 10.3 Å². The van der Waals surface area contributed by atoms with E-state index >= 15 is 0 Å². The Hall–Kier alpha value is -2.92. The van der Waals surface area contributed by atoms with Crippen LogP contribution in [0.1, 0.15) is 41.6 Å². The van der Waals surface area contributed by atoms with Crippen molar-refractivity contribution >= 4 is 34.4 Å². The molecule has 0 spiro atoms. The lowest BCUT2D eigenvalue weighted by Crippen LogP contribution is -2.28. The van der Waals surface area contributed by atoms with Crippen molar-refractivity contribution in [3.8, 4) is 0 Å². The third-order valence-corrected chi connectivity index (χ3v) is 5.20. The molecule has 1 N–H and O–H groups in total. The van der Waals surface area contributed by atoms with Gasteiger partial charge in [-0.05, 0) is 36.6 Å². The molecule has 3 aromatic rings. The van der Waals surface area contributed by atoms with E-state index in [1.165, 1.54) is 6.92 Å². The van der Waals surface area contributed by atoms with E-state index in [-0.39, 0.29) is 18.9 Å². The Morgan fingerprint density at radius 3 is 2.55 bits per heavy atom. The van der Waals surface area contributed by atoms with Crippen molar-refractivity contribution in [1.29, 1.82) is 0 Å². The number of carbonyl (C=O) groups is 2. The average molecular weight is 411 g/mol. The quantitative estimate of drug-likeness (QED) is 0.467. The molecule has 0 aliphatic rings. The zero-order valence-electron chi connectivity index (χ0n) is 16.7. The van der Waals surface area contributed by atoms with Gasteiger partial charge in [-0.15, -0.1) is 0 Å². The summed E-state index contributed by atoms with van der Waals surface area (Å²) in [5.74, 6) is -0.636. The maximum absolute atomic E-state index is 12.4. The maximum Gasteiger partial charge on any atom is 0.308 e. The van der Waals surface area contributed by atoms with Gasteiger partial charge in [0.1, 0.15) is 11.8 Å². The summed E-state index contributed by atoms with van der Waals surface area (Å²) in [5, 5.41) is 4.06. The van der Waals surface area contributed by atoms with Crippen molar-refractivity contribution in [2.45, 2.75) is 39.8 Å². The Bertz CT molecular complexity index is 1050. The molecule has 1 heterocycles. The predicted octanol–water partition coefficient (Wildman–Crippen LogP) is 4.82. The van der Waals surface area contributed by atoms with Crippen molar-refractivity contribution in [1.82, 2.24) is 10.3 Å². The molecule has 3 rings (SSSR count). The van der Waals surface area contributed by atoms with E-state index in [1.807, 2.05) is 62.4 Å². The second-order valence-corrected chi connectivity index (χ2v) is 7.40. The van der Waals surface area contributed by atoms with Crippen LogP contribution in [-0.2, 0) is 20.9 Å². The number of fused-ring (bicyclic) bond motifs is 1. The fraction of sp³-hybridized carbons (Fsp3) is 0.261. The SMILES string of the molecule is CC(=O)N[C@H](CC(=O)OCc1cc2ccc(C)c(C)c2nc1Cl)c1ccccc1. The van der Waals surface area contributed by atoms with Gasteiger partial charge in [-0.2, -0.15) is 0 Å². The molecule has 1 atom stereocenters. The number of carbonyl (C=O) groups excluding carboxylic acids is 2. The lowest BCUT2D eigenvalue weighted by Gasteiger charge is -2.18. The number of amides is 1. The lowest BCUT2D eigenvalue weighted by molar-refractivity contribution is -0.145. The molecule has 29 heavy (non-hydrogen) atoms. The van der Waals surface area contributed by atoms with Crippen LogP contribution in [0.4, 0.5) is 0 Å². The van der Waals surface area contributed by atoms with Gasteiger partial charge in [0, 0.05) is 17.9 Å². The van der Waals surface area contributed by atoms with E-state index < -0.39 is 12.0 Å². The number of aryl methyl sites for hydroxylation is 2. The van der Waals surface area contributed by atoms with Crippen LogP contribution in [0.2, 0.25) is 5.15 Å². The first-order chi connectivity index (χ1) is 13.8. The predicted molar refractivity (Wildman–Crippen MR) is 114 cm³/mol. The lowest BCUT2D eigenvalue weighted by atomic mass is 10.0. The number of aromatic nitrogens is 1. The number of nitrogens with zero attached hydrogens (tertiary/aromatic N) is 1. The summed E-state index contributed by atoms with van der Waals surface area (Å²) < 4.78 is 5.43. The van der Waals surface area contributed by atoms with E-state index in [0.29, 0.717) is 10.7 Å². The van der Waals surface area contributed by atoms with Gasteiger partial charge in [0.25, 0.3) is 0 Å². The highest BCUT2D eigenvalue weighted by Gasteiger charge is 2.18. The van der Waals surface area contributed by atoms with Crippen molar-refractivity contribution in [3.63, 3.8) is 0 Å². The summed E-state index contributed by atoms with van der Waals surface area (Å²) in [4.78, 5) is 28.4. The van der Waals surface area contributed by atoms with Crippen LogP contribution < -0.4 is 5.32 Å². The summed E-state index contributed by atoms with van der Waals surface area (Å²) in [6, 6.07) is 14.8. The Morgan fingerprint density at radius 2 is 1.86 bits per heavy atom. The van der Waals surface area contributed by atoms with E-state index in [1.54, 1.807) is 0 Å². The van der Waals surface area contributed by atoms with Crippen LogP contribution >= 0.6 is 11.6 Å². The molecule has 0 fully saturated rings. The summed E-state index contributed by atoms with van der Waals surface area (Å²) in [5.41, 5.74) is 4.56. The highest BCUT2D eigenvalue weighted by atomic mass is 35.5. The molecule has 1 aromatic heterocycles. The fourth-order valence-corrected chi connectivity index (χ4v) is 3.37. The van der Waals surface area contributed by atoms with E-state index in [0.717, 1.165) is 27.6 Å². The maximum atomic E-state index is 12.4. The minimum Gasteiger partial charge on any atom is -0.461 e.